The summed E-state index contributed by atoms with van der Waals surface area (Å²) in [6.07, 6.45) is -22.9. The molecule has 8 aliphatic heterocycles. The number of aromatic hydroxyl groups is 3. The lowest BCUT2D eigenvalue weighted by Crippen LogP contribution is -2.65. The van der Waals surface area contributed by atoms with Crippen molar-refractivity contribution in [1.29, 1.82) is 0 Å². The third-order valence-electron chi connectivity index (χ3n) is 21.7. The average Bonchev–Trinajstić information content (AvgIpc) is 0.768. The molecule has 36 nitrogen and oxygen atoms in total. The normalized spacial score (nSPS) is 30.7. The summed E-state index contributed by atoms with van der Waals surface area (Å²) in [7, 11) is 1.47. The van der Waals surface area contributed by atoms with Gasteiger partial charge in [-0.1, -0.05) is 79.0 Å². The number of aliphatic hydroxyl groups excluding tert-OH is 6. The molecule has 3 saturated heterocycles. The number of carbonyl (C=O) groups excluding carboxylic acids is 7. The topological polar surface area (TPSA) is 561 Å². The first-order valence-corrected chi connectivity index (χ1v) is 39.1. The van der Waals surface area contributed by atoms with Crippen LogP contribution in [0.3, 0.4) is 0 Å². The Balaban J connectivity index is 1.10. The zero-order chi connectivity index (χ0) is 86.3. The molecule has 119 heavy (non-hydrogen) atoms. The number of aliphatic hydroxyl groups is 6. The van der Waals surface area contributed by atoms with Gasteiger partial charge in [0.25, 0.3) is 0 Å². The first-order chi connectivity index (χ1) is 56.2. The minimum atomic E-state index is -2.39. The van der Waals surface area contributed by atoms with E-state index >= 15 is 24.0 Å². The zero-order valence-corrected chi connectivity index (χ0v) is 67.2. The molecular formula is C80H93Cl3N10O26. The van der Waals surface area contributed by atoms with Gasteiger partial charge in [0, 0.05) is 58.2 Å². The predicted octanol–water partition coefficient (Wildman–Crippen LogP) is 2.83. The molecule has 11 bridgehead atoms. The lowest BCUT2D eigenvalue weighted by Gasteiger charge is -2.48. The van der Waals surface area contributed by atoms with Gasteiger partial charge in [-0.25, -0.2) is 4.79 Å². The Morgan fingerprint density at radius 3 is 1.91 bits per heavy atom. The Morgan fingerprint density at radius 2 is 1.29 bits per heavy atom. The van der Waals surface area contributed by atoms with Gasteiger partial charge in [-0.3, -0.25) is 33.6 Å². The number of halogens is 3. The van der Waals surface area contributed by atoms with Crippen LogP contribution in [0.1, 0.15) is 131 Å². The summed E-state index contributed by atoms with van der Waals surface area (Å²) in [6, 6.07) is 6.50. The molecular weight excluding hydrogens is 1620 g/mol. The van der Waals surface area contributed by atoms with E-state index in [-0.39, 0.29) is 59.2 Å². The molecule has 8 heterocycles. The van der Waals surface area contributed by atoms with Gasteiger partial charge in [0.2, 0.25) is 53.4 Å². The molecule has 3 fully saturated rings. The molecule has 22 atom stereocenters. The quantitative estimate of drug-likeness (QED) is 0.0588. The molecule has 14 rings (SSSR count). The van der Waals surface area contributed by atoms with E-state index in [1.807, 2.05) is 13.8 Å². The van der Waals surface area contributed by atoms with Gasteiger partial charge in [0.05, 0.1) is 53.5 Å². The first kappa shape index (κ1) is 88.5. The summed E-state index contributed by atoms with van der Waals surface area (Å²) in [5.74, 6) is -16.1. The number of benzene rings is 6. The number of hydrogen-bond donors (Lipinski definition) is 20. The predicted molar refractivity (Wildman–Crippen MR) is 420 cm³/mol. The number of nitrogens with two attached hydrogens (primary N) is 2. The van der Waals surface area contributed by atoms with E-state index < -0.39 is 261 Å². The van der Waals surface area contributed by atoms with Crippen LogP contribution in [0.5, 0.6) is 46.0 Å². The Morgan fingerprint density at radius 1 is 0.664 bits per heavy atom. The molecule has 39 heteroatoms. The van der Waals surface area contributed by atoms with E-state index in [2.05, 4.69) is 42.5 Å². The van der Waals surface area contributed by atoms with Crippen LogP contribution in [-0.2, 0) is 68.6 Å². The van der Waals surface area contributed by atoms with Crippen LogP contribution in [0.4, 0.5) is 0 Å². The van der Waals surface area contributed by atoms with Crippen LogP contribution < -0.4 is 68.2 Å². The Hall–Kier alpha value is -9.81. The fourth-order valence-corrected chi connectivity index (χ4v) is 16.0. The highest BCUT2D eigenvalue weighted by Gasteiger charge is 2.53. The minimum absolute atomic E-state index is 0.116. The van der Waals surface area contributed by atoms with Gasteiger partial charge < -0.3 is 143 Å². The van der Waals surface area contributed by atoms with Crippen LogP contribution in [-0.4, -0.2) is 215 Å². The lowest BCUT2D eigenvalue weighted by atomic mass is 9.84. The van der Waals surface area contributed by atoms with Crippen molar-refractivity contribution >= 4 is 82.1 Å². The molecule has 6 aromatic rings. The number of hydrogen-bond acceptors (Lipinski definition) is 28. The van der Waals surface area contributed by atoms with Crippen LogP contribution in [0.2, 0.25) is 15.1 Å². The van der Waals surface area contributed by atoms with Crippen LogP contribution in [0, 0.1) is 5.92 Å². The largest absolute Gasteiger partial charge is 0.508 e. The molecule has 0 radical (unpaired) electrons. The molecule has 0 aliphatic carbocycles. The molecule has 0 spiro atoms. The highest BCUT2D eigenvalue weighted by molar-refractivity contribution is 6.32. The number of primary amides is 1. The first-order valence-electron chi connectivity index (χ1n) is 38.0. The second-order valence-corrected chi connectivity index (χ2v) is 32.4. The number of nitrogens with one attached hydrogen (secondary N) is 8. The Bertz CT molecular complexity index is 4880. The maximum Gasteiger partial charge on any atom is 0.330 e. The number of rotatable bonds is 18. The van der Waals surface area contributed by atoms with E-state index in [0.29, 0.717) is 5.02 Å². The van der Waals surface area contributed by atoms with Gasteiger partial charge in [-0.05, 0) is 142 Å². The number of ether oxygens (including phenoxy) is 8. The molecule has 6 aromatic carbocycles. The molecule has 0 unspecified atom stereocenters. The molecule has 0 saturated carbocycles. The van der Waals surface area contributed by atoms with Crippen molar-refractivity contribution < 1.29 is 127 Å². The number of amides is 7. The van der Waals surface area contributed by atoms with Crippen molar-refractivity contribution in [1.82, 2.24) is 42.5 Å². The molecule has 7 amide bonds. The van der Waals surface area contributed by atoms with Gasteiger partial charge >= 0.3 is 5.97 Å². The smallest absolute Gasteiger partial charge is 0.330 e. The van der Waals surface area contributed by atoms with Crippen molar-refractivity contribution in [2.75, 3.05) is 13.7 Å². The fraction of sp³-hybridized carbons (Fsp3) is 0.450. The third kappa shape index (κ3) is 19.3. The Labute approximate surface area is 695 Å². The average molecular weight is 1720 g/mol. The van der Waals surface area contributed by atoms with E-state index in [9.17, 15) is 65.4 Å². The second kappa shape index (κ2) is 36.2. The second-order valence-electron chi connectivity index (χ2n) is 31.1. The number of carboxylic acids is 1. The number of aliphatic carboxylic acids is 1. The summed E-state index contributed by atoms with van der Waals surface area (Å²) >= 11 is 21.0. The zero-order valence-electron chi connectivity index (χ0n) is 65.0. The highest BCUT2D eigenvalue weighted by atomic mass is 35.5. The van der Waals surface area contributed by atoms with Crippen molar-refractivity contribution in [2.45, 2.75) is 207 Å². The number of phenolic OH excluding ortho intramolecular Hbond substituents is 3. The number of likely N-dealkylation sites (N-methyl/N-ethyl adjacent to an activating group) is 1. The van der Waals surface area contributed by atoms with Crippen molar-refractivity contribution in [3.8, 4) is 57.1 Å². The maximum atomic E-state index is 16.5. The Kier molecular flexibility index (Phi) is 26.9. The number of carboxylic acid groups (broad SMARTS) is 1. The van der Waals surface area contributed by atoms with Crippen LogP contribution in [0.15, 0.2) is 103 Å². The lowest BCUT2D eigenvalue weighted by molar-refractivity contribution is -0.334. The van der Waals surface area contributed by atoms with Crippen molar-refractivity contribution in [3.05, 3.63) is 152 Å². The number of fused-ring (bicyclic) bond motifs is 15. The van der Waals surface area contributed by atoms with Crippen molar-refractivity contribution in [2.24, 2.45) is 17.4 Å². The molecule has 8 aliphatic rings. The molecule has 0 aromatic heterocycles. The summed E-state index contributed by atoms with van der Waals surface area (Å²) in [4.78, 5) is 120. The van der Waals surface area contributed by atoms with Crippen LogP contribution >= 0.6 is 34.8 Å². The standard InChI is InChI=1S/C80H93Cl3N10O26/c1-31(2)17-45(86-7)71(104)92-61-63(99)36-12-15-49(43(82)20-36)114-51-22-38-23-52(67(51)119-78-68(65(101)64(100)53(30-94)116-78)118-56-28-80(6,70(103)33(4)113-56)87-29-34-9-8-10-39(81)18-34)115-50-16-13-37(21-44(50)83)66(117-55-27-79(5,85)69(102)32(3)112-55)62-76(109)91-60(77(110)111)42-24-40(95)25-48(97)57(42)41-19-35(11-14-47(41)96)58(73(106)93-62)90-74(107)59(38)89-72(105)46(26-54(84)98)88-75(61)108/h8-16,18-25,31-33,45-46,53,55-56,58-66,68-70,78,86-87,94-97,99-103H,17,26-30,85H2,1-7H3,(H2,84,98)(H,88,108)(H,89,105)(H,90,107)(H,91,109)(H,92,104)(H,93,106)(H,110,111)/t32-,33-,45+,46-,53+,55-,56-,58+,59+,60-,61+,62-,63+,64+,65-,66+,68+,69-,70-,78-,79-,80-/m0/s1. The van der Waals surface area contributed by atoms with Gasteiger partial charge in [0.1, 0.15) is 89.5 Å². The highest BCUT2D eigenvalue weighted by Crippen LogP contribution is 2.51. The van der Waals surface area contributed by atoms with E-state index in [1.54, 1.807) is 38.1 Å². The van der Waals surface area contributed by atoms with Crippen molar-refractivity contribution in [3.63, 3.8) is 0 Å². The summed E-state index contributed by atoms with van der Waals surface area (Å²) < 4.78 is 52.6. The maximum absolute atomic E-state index is 16.5. The van der Waals surface area contributed by atoms with Crippen LogP contribution in [0.25, 0.3) is 11.1 Å². The van der Waals surface area contributed by atoms with Gasteiger partial charge in [-0.15, -0.1) is 0 Å². The molecule has 640 valence electrons. The summed E-state index contributed by atoms with van der Waals surface area (Å²) in [6.45, 7) is 8.99. The monoisotopic (exact) mass is 1710 g/mol. The van der Waals surface area contributed by atoms with E-state index in [1.165, 1.54) is 51.2 Å². The fourth-order valence-electron chi connectivity index (χ4n) is 15.4. The van der Waals surface area contributed by atoms with E-state index in [0.717, 1.165) is 54.1 Å². The third-order valence-corrected chi connectivity index (χ3v) is 22.5. The number of carbonyl (C=O) groups is 8. The molecule has 22 N–H and O–H groups in total. The SMILES string of the molecule is CN[C@H](CC(C)C)C(=O)N[C@H]1C(=O)N[C@@H](CC(N)=O)C(=O)N[C@H]2C(=O)N[C@H]3C(=O)N[C@H](C(=O)N[C@H](C(=O)O)c4cc(O)cc(O)c4-c4cc3ccc4O)[C@H](O[C@H]3C[C@](C)(N)[C@@H](O)[C@H](C)O3)c3ccc(c(Cl)c3)Oc3cc2cc(c3O[C@@H]2O[C@H](CO)[C@@H](O)[C@H](O)[C@H]2O[C@H]2C[C@](C)(NCc3cccc(Cl)c3)[C@@H](O)[C@H](C)O2)Oc2ccc(cc2Cl)[C@H]1O. The van der Waals surface area contributed by atoms with Gasteiger partial charge in [0.15, 0.2) is 36.2 Å². The minimum Gasteiger partial charge on any atom is -0.508 e. The van der Waals surface area contributed by atoms with E-state index in [4.69, 9.17) is 84.2 Å². The summed E-state index contributed by atoms with van der Waals surface area (Å²) in [5, 5.41) is 137. The van der Waals surface area contributed by atoms with Gasteiger partial charge in [-0.2, -0.15) is 0 Å². The number of phenols is 3. The summed E-state index contributed by atoms with van der Waals surface area (Å²) in [5.41, 5.74) is 7.69.